The van der Waals surface area contributed by atoms with Crippen LogP contribution in [-0.2, 0) is 33.3 Å². The third-order valence-corrected chi connectivity index (χ3v) is 12.3. The van der Waals surface area contributed by atoms with E-state index in [0.29, 0.717) is 19.5 Å². The van der Waals surface area contributed by atoms with E-state index in [1.165, 1.54) is 27.5 Å². The first-order chi connectivity index (χ1) is 28.1. The topological polar surface area (TPSA) is 90.1 Å². The van der Waals surface area contributed by atoms with E-state index < -0.39 is 22.8 Å². The van der Waals surface area contributed by atoms with Gasteiger partial charge in [-0.2, -0.15) is 4.58 Å². The summed E-state index contributed by atoms with van der Waals surface area (Å²) in [5, 5.41) is 24.6. The van der Waals surface area contributed by atoms with E-state index >= 15 is 0 Å². The van der Waals surface area contributed by atoms with Crippen LogP contribution in [-0.4, -0.2) is 52.6 Å². The normalized spacial score (nSPS) is 19.4. The van der Waals surface area contributed by atoms with Gasteiger partial charge in [0.05, 0.1) is 24.6 Å². The van der Waals surface area contributed by atoms with Crippen molar-refractivity contribution >= 4 is 50.6 Å². The van der Waals surface area contributed by atoms with Crippen LogP contribution < -0.4 is 9.64 Å². The number of carbonyl (C=O) groups is 2. The minimum absolute atomic E-state index is 0.0248. The summed E-state index contributed by atoms with van der Waals surface area (Å²) in [5.74, 6) is -0.960. The number of hydrogen-bond donors (Lipinski definition) is 2. The number of carboxylic acids is 2. The van der Waals surface area contributed by atoms with Gasteiger partial charge in [-0.1, -0.05) is 115 Å². The van der Waals surface area contributed by atoms with Gasteiger partial charge in [-0.15, -0.1) is 0 Å². The molecule has 2 aliphatic rings. The highest BCUT2D eigenvalue weighted by molar-refractivity contribution is 6.17. The molecule has 7 heteroatoms. The third-order valence-electron chi connectivity index (χ3n) is 12.3. The Balaban J connectivity index is 1.34. The second-order valence-corrected chi connectivity index (χ2v) is 15.9. The second-order valence-electron chi connectivity index (χ2n) is 15.9. The van der Waals surface area contributed by atoms with Gasteiger partial charge in [-0.25, -0.2) is 0 Å². The average Bonchev–Trinajstić information content (AvgIpc) is 3.62. The Hall–Kier alpha value is -6.47. The number of ether oxygens (including phenoxy) is 1. The summed E-state index contributed by atoms with van der Waals surface area (Å²) in [7, 11) is 1.67. The maximum atomic E-state index is 12.3. The fraction of sp³-hybridized carbons (Fsp3) is 0.235. The Labute approximate surface area is 339 Å². The van der Waals surface area contributed by atoms with Crippen molar-refractivity contribution in [3.63, 3.8) is 0 Å². The molecule has 0 saturated carbocycles. The third kappa shape index (κ3) is 6.95. The molecule has 0 saturated heterocycles. The molecule has 2 N–H and O–H groups in total. The molecular formula is C51H49N2O5+. The molecule has 6 aromatic rings. The first-order valence-electron chi connectivity index (χ1n) is 20.1. The van der Waals surface area contributed by atoms with Gasteiger partial charge in [0.2, 0.25) is 5.69 Å². The van der Waals surface area contributed by atoms with Crippen LogP contribution in [0.3, 0.4) is 0 Å². The lowest BCUT2D eigenvalue weighted by atomic mass is 9.73. The largest absolute Gasteiger partial charge is 0.497 e. The summed E-state index contributed by atoms with van der Waals surface area (Å²) in [5.41, 5.74) is 7.75. The van der Waals surface area contributed by atoms with Crippen LogP contribution in [0.15, 0.2) is 151 Å². The first-order valence-corrected chi connectivity index (χ1v) is 20.1. The number of allylic oxidation sites excluding steroid dienone is 4. The van der Waals surface area contributed by atoms with Crippen molar-refractivity contribution in [2.45, 2.75) is 56.8 Å². The van der Waals surface area contributed by atoms with E-state index in [1.807, 2.05) is 24.3 Å². The summed E-state index contributed by atoms with van der Waals surface area (Å²) < 4.78 is 7.88. The number of aliphatic carboxylic acids is 2. The predicted molar refractivity (Wildman–Crippen MR) is 233 cm³/mol. The molecule has 2 atom stereocenters. The Morgan fingerprint density at radius 1 is 0.724 bits per heavy atom. The van der Waals surface area contributed by atoms with Crippen LogP contribution in [0.5, 0.6) is 5.75 Å². The van der Waals surface area contributed by atoms with Gasteiger partial charge in [-0.05, 0) is 84.2 Å². The summed E-state index contributed by atoms with van der Waals surface area (Å²) in [4.78, 5) is 26.6. The fourth-order valence-electron chi connectivity index (χ4n) is 9.54. The van der Waals surface area contributed by atoms with E-state index in [0.717, 1.165) is 57.7 Å². The molecule has 292 valence electrons. The summed E-state index contributed by atoms with van der Waals surface area (Å²) in [6, 6.07) is 44.1. The van der Waals surface area contributed by atoms with Crippen molar-refractivity contribution in [2.75, 3.05) is 25.1 Å². The molecule has 0 radical (unpaired) electrons. The highest BCUT2D eigenvalue weighted by Crippen LogP contribution is 2.56. The van der Waals surface area contributed by atoms with Crippen LogP contribution in [0.2, 0.25) is 0 Å². The molecule has 0 spiro atoms. The second kappa shape index (κ2) is 15.8. The zero-order valence-corrected chi connectivity index (χ0v) is 33.3. The zero-order chi connectivity index (χ0) is 40.4. The number of rotatable bonds is 14. The first kappa shape index (κ1) is 38.4. The number of fused-ring (bicyclic) bond motifs is 7. The molecule has 7 nitrogen and oxygen atoms in total. The molecular weight excluding hydrogens is 721 g/mol. The van der Waals surface area contributed by atoms with Gasteiger partial charge in [0.25, 0.3) is 0 Å². The van der Waals surface area contributed by atoms with Crippen molar-refractivity contribution in [2.24, 2.45) is 0 Å². The van der Waals surface area contributed by atoms with E-state index in [2.05, 4.69) is 145 Å². The van der Waals surface area contributed by atoms with Crippen molar-refractivity contribution in [1.29, 1.82) is 0 Å². The highest BCUT2D eigenvalue weighted by Gasteiger charge is 2.49. The van der Waals surface area contributed by atoms with Gasteiger partial charge in [-0.3, -0.25) is 9.59 Å². The van der Waals surface area contributed by atoms with Crippen molar-refractivity contribution in [3.05, 3.63) is 174 Å². The lowest BCUT2D eigenvalue weighted by molar-refractivity contribution is -0.436. The van der Waals surface area contributed by atoms with Crippen molar-refractivity contribution in [1.82, 2.24) is 0 Å². The zero-order valence-electron chi connectivity index (χ0n) is 33.3. The van der Waals surface area contributed by atoms with Gasteiger partial charge in [0.1, 0.15) is 12.2 Å². The Morgan fingerprint density at radius 3 is 1.98 bits per heavy atom. The molecule has 2 aliphatic heterocycles. The standard InChI is InChI=1S/C51H48N2O5/c1-50(30-27-35-15-6-4-7-16-35)44(53(32-29-47(56)57)49-41-22-13-11-20-39(41)38-19-10-12-21-40(38)48(49)50)23-14-24-45-51(2,34-36-17-8-5-9-18-36)42-33-37(58-3)25-26-43(42)52(45)31-28-46(54)55/h4-26,33H,27-32,34H2,1-3H3,(H-,54,55,56,57)/p+1. The van der Waals surface area contributed by atoms with Gasteiger partial charge in [0, 0.05) is 40.7 Å². The number of aryl methyl sites for hydroxylation is 1. The molecule has 0 bridgehead atoms. The van der Waals surface area contributed by atoms with Gasteiger partial charge in [0.15, 0.2) is 12.3 Å². The van der Waals surface area contributed by atoms with Crippen LogP contribution in [0.25, 0.3) is 21.5 Å². The summed E-state index contributed by atoms with van der Waals surface area (Å²) in [6.45, 7) is 5.17. The smallest absolute Gasteiger partial charge is 0.309 e. The number of anilines is 1. The molecule has 2 heterocycles. The molecule has 8 rings (SSSR count). The minimum atomic E-state index is -0.858. The van der Waals surface area contributed by atoms with Crippen molar-refractivity contribution in [3.8, 4) is 5.75 Å². The lowest BCUT2D eigenvalue weighted by Crippen LogP contribution is -2.34. The van der Waals surface area contributed by atoms with Crippen LogP contribution in [0, 0.1) is 0 Å². The van der Waals surface area contributed by atoms with E-state index in [4.69, 9.17) is 4.74 Å². The predicted octanol–water partition coefficient (Wildman–Crippen LogP) is 10.4. The SMILES string of the molecule is COc1ccc2c(c1)C(C)(Cc1ccccc1)C(/C=C/C=C1/N(CCC(=O)O)c3c(c4ccccc4c4ccccc34)C1(C)CCc1ccccc1)=[N+]2CCC(=O)O. The molecule has 6 aromatic carbocycles. The maximum absolute atomic E-state index is 12.3. The van der Waals surface area contributed by atoms with Crippen LogP contribution in [0.4, 0.5) is 11.4 Å². The number of benzene rings is 6. The van der Waals surface area contributed by atoms with Gasteiger partial charge >= 0.3 is 11.9 Å². The molecule has 0 fully saturated rings. The maximum Gasteiger partial charge on any atom is 0.309 e. The molecule has 2 unspecified atom stereocenters. The Morgan fingerprint density at radius 2 is 1.33 bits per heavy atom. The van der Waals surface area contributed by atoms with E-state index in [1.54, 1.807) is 7.11 Å². The van der Waals surface area contributed by atoms with E-state index in [9.17, 15) is 19.8 Å². The summed E-state index contributed by atoms with van der Waals surface area (Å²) in [6.07, 6.45) is 8.71. The number of methoxy groups -OCH3 is 1. The summed E-state index contributed by atoms with van der Waals surface area (Å²) >= 11 is 0. The number of nitrogens with zero attached hydrogens (tertiary/aromatic N) is 2. The van der Waals surface area contributed by atoms with E-state index in [-0.39, 0.29) is 12.8 Å². The molecule has 0 amide bonds. The van der Waals surface area contributed by atoms with Gasteiger partial charge < -0.3 is 19.8 Å². The lowest BCUT2D eigenvalue weighted by Gasteiger charge is -2.31. The monoisotopic (exact) mass is 769 g/mol. The van der Waals surface area contributed by atoms with Crippen LogP contribution >= 0.6 is 0 Å². The molecule has 0 aliphatic carbocycles. The number of hydrogen-bond acceptors (Lipinski definition) is 4. The Bertz CT molecular complexity index is 2630. The highest BCUT2D eigenvalue weighted by atomic mass is 16.5. The molecule has 0 aromatic heterocycles. The number of carboxylic acid groups (broad SMARTS) is 2. The minimum Gasteiger partial charge on any atom is -0.497 e. The van der Waals surface area contributed by atoms with Crippen LogP contribution in [0.1, 0.15) is 55.4 Å². The Kier molecular flexibility index (Phi) is 10.5. The quantitative estimate of drug-likeness (QED) is 0.0847. The van der Waals surface area contributed by atoms with Crippen molar-refractivity contribution < 1.29 is 29.1 Å². The molecule has 58 heavy (non-hydrogen) atoms. The fourth-order valence-corrected chi connectivity index (χ4v) is 9.54. The average molecular weight is 770 g/mol.